The van der Waals surface area contributed by atoms with Crippen LogP contribution in [0.5, 0.6) is 0 Å². The summed E-state index contributed by atoms with van der Waals surface area (Å²) >= 11 is 0. The second-order valence-corrected chi connectivity index (χ2v) is 4.18. The van der Waals surface area contributed by atoms with E-state index >= 15 is 0 Å². The lowest BCUT2D eigenvalue weighted by molar-refractivity contribution is 0.267. The summed E-state index contributed by atoms with van der Waals surface area (Å²) in [7, 11) is 0. The largest absolute Gasteiger partial charge is 0.396 e. The van der Waals surface area contributed by atoms with Crippen LogP contribution in [0.1, 0.15) is 20.3 Å². The summed E-state index contributed by atoms with van der Waals surface area (Å²) in [5.74, 6) is 1.43. The van der Waals surface area contributed by atoms with Gasteiger partial charge in [0.15, 0.2) is 0 Å². The lowest BCUT2D eigenvalue weighted by atomic mass is 10.0. The minimum atomic E-state index is 0.153. The van der Waals surface area contributed by atoms with E-state index in [2.05, 4.69) is 24.1 Å². The normalized spacial score (nSPS) is 12.8. The first-order valence-corrected chi connectivity index (χ1v) is 5.44. The van der Waals surface area contributed by atoms with Crippen molar-refractivity contribution in [2.75, 3.05) is 23.4 Å². The van der Waals surface area contributed by atoms with Gasteiger partial charge >= 0.3 is 0 Å². The molecule has 1 aromatic heterocycles. The standard InChI is InChI=1S/C11H20N4O/c1-7(2)9(5-6-16)14-10-4-3-8(12)11(13)15-10/h3-4,7,9,16H,5-6,12H2,1-2H3,(H3,13,14,15). The number of nitrogens with zero attached hydrogens (tertiary/aromatic N) is 1. The highest BCUT2D eigenvalue weighted by molar-refractivity contribution is 5.61. The van der Waals surface area contributed by atoms with Gasteiger partial charge in [-0.1, -0.05) is 13.8 Å². The molecule has 1 rings (SSSR count). The van der Waals surface area contributed by atoms with Gasteiger partial charge in [0.1, 0.15) is 11.6 Å². The van der Waals surface area contributed by atoms with Crippen molar-refractivity contribution in [3.63, 3.8) is 0 Å². The highest BCUT2D eigenvalue weighted by Gasteiger charge is 2.13. The van der Waals surface area contributed by atoms with Crippen LogP contribution < -0.4 is 16.8 Å². The van der Waals surface area contributed by atoms with Gasteiger partial charge < -0.3 is 21.9 Å². The lowest BCUT2D eigenvalue weighted by Gasteiger charge is -2.22. The smallest absolute Gasteiger partial charge is 0.149 e. The molecule has 0 aromatic carbocycles. The molecule has 6 N–H and O–H groups in total. The number of aromatic nitrogens is 1. The van der Waals surface area contributed by atoms with Crippen LogP contribution in [-0.2, 0) is 0 Å². The van der Waals surface area contributed by atoms with Gasteiger partial charge in [-0.15, -0.1) is 0 Å². The Morgan fingerprint density at radius 1 is 1.38 bits per heavy atom. The van der Waals surface area contributed by atoms with Crippen molar-refractivity contribution in [1.29, 1.82) is 0 Å². The van der Waals surface area contributed by atoms with Crippen LogP contribution in [0.15, 0.2) is 12.1 Å². The average molecular weight is 224 g/mol. The molecule has 0 radical (unpaired) electrons. The van der Waals surface area contributed by atoms with Crippen LogP contribution in [0.4, 0.5) is 17.3 Å². The Morgan fingerprint density at radius 2 is 2.06 bits per heavy atom. The Morgan fingerprint density at radius 3 is 2.56 bits per heavy atom. The fourth-order valence-corrected chi connectivity index (χ4v) is 1.47. The van der Waals surface area contributed by atoms with Crippen molar-refractivity contribution in [2.45, 2.75) is 26.3 Å². The van der Waals surface area contributed by atoms with Crippen LogP contribution in [0.2, 0.25) is 0 Å². The van der Waals surface area contributed by atoms with Crippen molar-refractivity contribution in [3.8, 4) is 0 Å². The molecule has 0 aliphatic heterocycles. The second kappa shape index (κ2) is 5.55. The Bertz CT molecular complexity index is 341. The molecule has 1 aromatic rings. The molecule has 0 spiro atoms. The molecule has 1 atom stereocenters. The average Bonchev–Trinajstić information content (AvgIpc) is 2.22. The fraction of sp³-hybridized carbons (Fsp3) is 0.545. The van der Waals surface area contributed by atoms with E-state index in [4.69, 9.17) is 16.6 Å². The predicted molar refractivity (Wildman–Crippen MR) is 67.0 cm³/mol. The number of hydrogen-bond acceptors (Lipinski definition) is 5. The van der Waals surface area contributed by atoms with E-state index in [1.165, 1.54) is 0 Å². The minimum absolute atomic E-state index is 0.153. The number of aliphatic hydroxyl groups excluding tert-OH is 1. The third-order valence-corrected chi connectivity index (χ3v) is 2.54. The van der Waals surface area contributed by atoms with E-state index in [-0.39, 0.29) is 12.6 Å². The predicted octanol–water partition coefficient (Wildman–Crippen LogP) is 1.06. The Balaban J connectivity index is 2.73. The first-order valence-electron chi connectivity index (χ1n) is 5.44. The van der Waals surface area contributed by atoms with Gasteiger partial charge in [0.05, 0.1) is 5.69 Å². The molecule has 0 saturated carbocycles. The van der Waals surface area contributed by atoms with E-state index in [1.54, 1.807) is 12.1 Å². The zero-order valence-electron chi connectivity index (χ0n) is 9.77. The van der Waals surface area contributed by atoms with Gasteiger partial charge in [-0.05, 0) is 24.5 Å². The molecule has 5 heteroatoms. The maximum absolute atomic E-state index is 8.96. The quantitative estimate of drug-likeness (QED) is 0.599. The number of anilines is 3. The van der Waals surface area contributed by atoms with E-state index in [1.807, 2.05) is 0 Å². The molecule has 16 heavy (non-hydrogen) atoms. The number of aliphatic hydroxyl groups is 1. The van der Waals surface area contributed by atoms with Crippen molar-refractivity contribution in [3.05, 3.63) is 12.1 Å². The Kier molecular flexibility index (Phi) is 4.37. The van der Waals surface area contributed by atoms with Crippen molar-refractivity contribution >= 4 is 17.3 Å². The van der Waals surface area contributed by atoms with E-state index in [9.17, 15) is 0 Å². The zero-order valence-corrected chi connectivity index (χ0v) is 9.77. The summed E-state index contributed by atoms with van der Waals surface area (Å²) in [5.41, 5.74) is 11.7. The topological polar surface area (TPSA) is 97.2 Å². The van der Waals surface area contributed by atoms with Crippen molar-refractivity contribution in [2.24, 2.45) is 5.92 Å². The number of nitrogens with one attached hydrogen (secondary N) is 1. The molecular formula is C11H20N4O. The Labute approximate surface area is 95.9 Å². The number of nitrogens with two attached hydrogens (primary N) is 2. The third-order valence-electron chi connectivity index (χ3n) is 2.54. The SMILES string of the molecule is CC(C)C(CCO)Nc1ccc(N)c(N)n1. The van der Waals surface area contributed by atoms with Gasteiger partial charge in [0.25, 0.3) is 0 Å². The minimum Gasteiger partial charge on any atom is -0.396 e. The molecule has 0 aliphatic rings. The fourth-order valence-electron chi connectivity index (χ4n) is 1.47. The Hall–Kier alpha value is -1.49. The van der Waals surface area contributed by atoms with Crippen LogP contribution >= 0.6 is 0 Å². The molecule has 1 unspecified atom stereocenters. The van der Waals surface area contributed by atoms with Crippen LogP contribution in [0.25, 0.3) is 0 Å². The summed E-state index contributed by atoms with van der Waals surface area (Å²) in [4.78, 5) is 4.14. The maximum atomic E-state index is 8.96. The summed E-state index contributed by atoms with van der Waals surface area (Å²) < 4.78 is 0. The van der Waals surface area contributed by atoms with E-state index in [0.29, 0.717) is 29.7 Å². The van der Waals surface area contributed by atoms with Crippen LogP contribution in [0.3, 0.4) is 0 Å². The molecule has 0 fully saturated rings. The van der Waals surface area contributed by atoms with Crippen molar-refractivity contribution in [1.82, 2.24) is 4.98 Å². The second-order valence-electron chi connectivity index (χ2n) is 4.18. The van der Waals surface area contributed by atoms with Gasteiger partial charge in [0.2, 0.25) is 0 Å². The van der Waals surface area contributed by atoms with Crippen molar-refractivity contribution < 1.29 is 5.11 Å². The molecule has 0 saturated heterocycles. The van der Waals surface area contributed by atoms with Crippen LogP contribution in [-0.4, -0.2) is 22.7 Å². The molecule has 0 amide bonds. The monoisotopic (exact) mass is 224 g/mol. The van der Waals surface area contributed by atoms with Crippen LogP contribution in [0, 0.1) is 5.92 Å². The number of pyridine rings is 1. The third kappa shape index (κ3) is 3.27. The molecular weight excluding hydrogens is 204 g/mol. The van der Waals surface area contributed by atoms with E-state index < -0.39 is 0 Å². The highest BCUT2D eigenvalue weighted by atomic mass is 16.3. The summed E-state index contributed by atoms with van der Waals surface area (Å²) in [6, 6.07) is 3.69. The highest BCUT2D eigenvalue weighted by Crippen LogP contribution is 2.18. The summed E-state index contributed by atoms with van der Waals surface area (Å²) in [6.07, 6.45) is 0.684. The number of nitrogen functional groups attached to an aromatic ring is 2. The molecule has 0 bridgehead atoms. The first-order chi connectivity index (χ1) is 7.54. The number of hydrogen-bond donors (Lipinski definition) is 4. The molecule has 1 heterocycles. The van der Waals surface area contributed by atoms with Gasteiger partial charge in [-0.25, -0.2) is 4.98 Å². The zero-order chi connectivity index (χ0) is 12.1. The summed E-state index contributed by atoms with van der Waals surface area (Å²) in [5, 5.41) is 12.2. The summed E-state index contributed by atoms with van der Waals surface area (Å²) in [6.45, 7) is 4.34. The lowest BCUT2D eigenvalue weighted by Crippen LogP contribution is -2.27. The molecule has 0 aliphatic carbocycles. The molecule has 5 nitrogen and oxygen atoms in total. The van der Waals surface area contributed by atoms with Gasteiger partial charge in [-0.2, -0.15) is 0 Å². The van der Waals surface area contributed by atoms with E-state index in [0.717, 1.165) is 0 Å². The van der Waals surface area contributed by atoms with Gasteiger partial charge in [0, 0.05) is 12.6 Å². The maximum Gasteiger partial charge on any atom is 0.149 e. The molecule has 90 valence electrons. The number of rotatable bonds is 5. The van der Waals surface area contributed by atoms with Gasteiger partial charge in [-0.3, -0.25) is 0 Å². The first kappa shape index (κ1) is 12.6.